The first-order valence-corrected chi connectivity index (χ1v) is 9.18. The summed E-state index contributed by atoms with van der Waals surface area (Å²) in [6.45, 7) is 3.33. The number of anilines is 3. The third kappa shape index (κ3) is 2.88. The quantitative estimate of drug-likeness (QED) is 0.858. The number of hydrogen-bond acceptors (Lipinski definition) is 6. The standard InChI is InChI=1S/C18H20N6O3/c1-10-19-15(9-27-10)22-18(26)24-12-6-7-23(8-12)14-5-4-13(21-16(14)24)17(25)20-11-2-3-11/h4-5,9,11-12H,2-3,6-8H2,1H3,(H,20,25)(H,22,26)/t12-/m0/s1. The number of nitrogens with zero attached hydrogens (tertiary/aromatic N) is 4. The molecule has 9 nitrogen and oxygen atoms in total. The third-order valence-electron chi connectivity index (χ3n) is 5.17. The molecule has 2 fully saturated rings. The minimum absolute atomic E-state index is 0.0136. The average Bonchev–Trinajstić information content (AvgIpc) is 3.23. The van der Waals surface area contributed by atoms with Gasteiger partial charge in [0.25, 0.3) is 5.91 Å². The number of rotatable bonds is 3. The molecular weight excluding hydrogens is 348 g/mol. The van der Waals surface area contributed by atoms with Crippen molar-refractivity contribution in [2.24, 2.45) is 0 Å². The van der Waals surface area contributed by atoms with Crippen molar-refractivity contribution in [1.29, 1.82) is 0 Å². The van der Waals surface area contributed by atoms with Gasteiger partial charge in [0, 0.05) is 26.1 Å². The number of carbonyl (C=O) groups is 2. The minimum Gasteiger partial charge on any atom is -0.447 e. The Morgan fingerprint density at radius 3 is 2.81 bits per heavy atom. The van der Waals surface area contributed by atoms with Gasteiger partial charge in [-0.3, -0.25) is 15.0 Å². The Morgan fingerprint density at radius 2 is 2.07 bits per heavy atom. The average molecular weight is 368 g/mol. The molecule has 0 unspecified atom stereocenters. The molecule has 27 heavy (non-hydrogen) atoms. The molecular formula is C18H20N6O3. The van der Waals surface area contributed by atoms with Crippen LogP contribution in [0, 0.1) is 6.92 Å². The SMILES string of the molecule is Cc1nc(NC(=O)N2c3nc(C(=O)NC4CC4)ccc3N3CC[C@H]2C3)co1. The lowest BCUT2D eigenvalue weighted by Crippen LogP contribution is -2.48. The lowest BCUT2D eigenvalue weighted by atomic mass is 10.1. The van der Waals surface area contributed by atoms with Gasteiger partial charge >= 0.3 is 6.03 Å². The van der Waals surface area contributed by atoms with Crippen molar-refractivity contribution in [1.82, 2.24) is 15.3 Å². The summed E-state index contributed by atoms with van der Waals surface area (Å²) >= 11 is 0. The van der Waals surface area contributed by atoms with Gasteiger partial charge in [0.2, 0.25) is 0 Å². The molecule has 1 saturated carbocycles. The zero-order chi connectivity index (χ0) is 18.5. The summed E-state index contributed by atoms with van der Waals surface area (Å²) < 4.78 is 5.16. The number of urea groups is 1. The Kier molecular flexibility index (Phi) is 3.56. The minimum atomic E-state index is -0.316. The van der Waals surface area contributed by atoms with Gasteiger partial charge < -0.3 is 14.6 Å². The van der Waals surface area contributed by atoms with Crippen molar-refractivity contribution in [2.75, 3.05) is 28.2 Å². The maximum atomic E-state index is 13.0. The highest BCUT2D eigenvalue weighted by Gasteiger charge is 2.40. The van der Waals surface area contributed by atoms with Gasteiger partial charge in [-0.1, -0.05) is 0 Å². The van der Waals surface area contributed by atoms with E-state index >= 15 is 0 Å². The maximum Gasteiger partial charge on any atom is 0.329 e. The Bertz CT molecular complexity index is 922. The molecule has 2 N–H and O–H groups in total. The number of hydrogen-bond donors (Lipinski definition) is 2. The molecule has 3 amide bonds. The molecule has 1 saturated heterocycles. The fraction of sp³-hybridized carbons (Fsp3) is 0.444. The number of pyridine rings is 1. The van der Waals surface area contributed by atoms with Crippen LogP contribution in [0.4, 0.5) is 22.1 Å². The molecule has 2 aromatic rings. The number of carbonyl (C=O) groups excluding carboxylic acids is 2. The number of fused-ring (bicyclic) bond motifs is 4. The van der Waals surface area contributed by atoms with Crippen LogP contribution in [0.2, 0.25) is 0 Å². The van der Waals surface area contributed by atoms with Crippen LogP contribution in [0.25, 0.3) is 0 Å². The molecule has 2 aliphatic heterocycles. The van der Waals surface area contributed by atoms with Gasteiger partial charge in [-0.2, -0.15) is 4.98 Å². The van der Waals surface area contributed by atoms with E-state index in [4.69, 9.17) is 4.42 Å². The van der Waals surface area contributed by atoms with Crippen LogP contribution in [-0.4, -0.2) is 47.1 Å². The topological polar surface area (TPSA) is 104 Å². The second kappa shape index (κ2) is 5.97. The Labute approximate surface area is 155 Å². The second-order valence-electron chi connectivity index (χ2n) is 7.23. The fourth-order valence-electron chi connectivity index (χ4n) is 3.68. The molecule has 2 bridgehead atoms. The van der Waals surface area contributed by atoms with Crippen LogP contribution >= 0.6 is 0 Å². The number of aryl methyl sites for hydroxylation is 1. The summed E-state index contributed by atoms with van der Waals surface area (Å²) in [4.78, 5) is 37.9. The molecule has 0 radical (unpaired) electrons. The second-order valence-corrected chi connectivity index (χ2v) is 7.23. The van der Waals surface area contributed by atoms with E-state index in [1.165, 1.54) is 6.26 Å². The summed E-state index contributed by atoms with van der Waals surface area (Å²) in [7, 11) is 0. The van der Waals surface area contributed by atoms with Crippen LogP contribution in [0.3, 0.4) is 0 Å². The molecule has 9 heteroatoms. The van der Waals surface area contributed by atoms with Crippen molar-refractivity contribution >= 4 is 29.3 Å². The molecule has 2 aromatic heterocycles. The highest BCUT2D eigenvalue weighted by molar-refractivity contribution is 6.05. The number of amides is 3. The van der Waals surface area contributed by atoms with Gasteiger partial charge in [0.1, 0.15) is 12.0 Å². The molecule has 0 aromatic carbocycles. The van der Waals surface area contributed by atoms with Crippen LogP contribution in [0.5, 0.6) is 0 Å². The highest BCUT2D eigenvalue weighted by Crippen LogP contribution is 2.39. The monoisotopic (exact) mass is 368 g/mol. The first-order chi connectivity index (χ1) is 13.1. The lowest BCUT2D eigenvalue weighted by molar-refractivity contribution is 0.0946. The van der Waals surface area contributed by atoms with E-state index in [-0.39, 0.29) is 24.0 Å². The van der Waals surface area contributed by atoms with E-state index in [0.29, 0.717) is 23.2 Å². The number of nitrogens with one attached hydrogen (secondary N) is 2. The predicted octanol–water partition coefficient (Wildman–Crippen LogP) is 1.90. The number of oxazole rings is 1. The van der Waals surface area contributed by atoms with Crippen molar-refractivity contribution in [3.8, 4) is 0 Å². The largest absolute Gasteiger partial charge is 0.447 e. The first-order valence-electron chi connectivity index (χ1n) is 9.18. The zero-order valence-electron chi connectivity index (χ0n) is 14.9. The van der Waals surface area contributed by atoms with Crippen LogP contribution < -0.4 is 20.4 Å². The van der Waals surface area contributed by atoms with E-state index in [2.05, 4.69) is 25.5 Å². The number of aromatic nitrogens is 2. The van der Waals surface area contributed by atoms with E-state index in [9.17, 15) is 9.59 Å². The van der Waals surface area contributed by atoms with Crippen LogP contribution in [0.15, 0.2) is 22.8 Å². The zero-order valence-corrected chi connectivity index (χ0v) is 14.9. The molecule has 1 atom stereocenters. The summed E-state index contributed by atoms with van der Waals surface area (Å²) in [6.07, 6.45) is 4.29. The first kappa shape index (κ1) is 16.1. The van der Waals surface area contributed by atoms with E-state index < -0.39 is 0 Å². The molecule has 3 aliphatic rings. The van der Waals surface area contributed by atoms with Crippen molar-refractivity contribution in [3.05, 3.63) is 30.0 Å². The van der Waals surface area contributed by atoms with Gasteiger partial charge in [-0.05, 0) is 31.4 Å². The van der Waals surface area contributed by atoms with Gasteiger partial charge in [-0.15, -0.1) is 0 Å². The normalized spacial score (nSPS) is 20.4. The maximum absolute atomic E-state index is 13.0. The van der Waals surface area contributed by atoms with Gasteiger partial charge in [-0.25, -0.2) is 9.78 Å². The summed E-state index contributed by atoms with van der Waals surface area (Å²) in [5, 5.41) is 5.72. The fourth-order valence-corrected chi connectivity index (χ4v) is 3.68. The Morgan fingerprint density at radius 1 is 1.22 bits per heavy atom. The van der Waals surface area contributed by atoms with E-state index in [1.807, 2.05) is 6.07 Å². The summed E-state index contributed by atoms with van der Waals surface area (Å²) in [5.74, 6) is 1.17. The van der Waals surface area contributed by atoms with Crippen LogP contribution in [0.1, 0.15) is 35.6 Å². The van der Waals surface area contributed by atoms with E-state index in [0.717, 1.165) is 38.0 Å². The highest BCUT2D eigenvalue weighted by atomic mass is 16.3. The van der Waals surface area contributed by atoms with Crippen molar-refractivity contribution in [3.63, 3.8) is 0 Å². The molecule has 5 rings (SSSR count). The van der Waals surface area contributed by atoms with Gasteiger partial charge in [0.05, 0.1) is 11.7 Å². The molecule has 140 valence electrons. The van der Waals surface area contributed by atoms with Crippen molar-refractivity contribution < 1.29 is 14.0 Å². The van der Waals surface area contributed by atoms with Gasteiger partial charge in [0.15, 0.2) is 17.5 Å². The molecule has 4 heterocycles. The Balaban J connectivity index is 1.47. The smallest absolute Gasteiger partial charge is 0.329 e. The summed E-state index contributed by atoms with van der Waals surface area (Å²) in [5.41, 5.74) is 1.21. The molecule has 1 aliphatic carbocycles. The van der Waals surface area contributed by atoms with E-state index in [1.54, 1.807) is 17.9 Å². The third-order valence-corrected chi connectivity index (χ3v) is 5.17. The lowest BCUT2D eigenvalue weighted by Gasteiger charge is -2.35. The Hall–Kier alpha value is -3.10. The summed E-state index contributed by atoms with van der Waals surface area (Å²) in [6, 6.07) is 3.56. The van der Waals surface area contributed by atoms with Crippen LogP contribution in [-0.2, 0) is 0 Å². The predicted molar refractivity (Wildman–Crippen MR) is 98.1 cm³/mol. The molecule has 0 spiro atoms. The van der Waals surface area contributed by atoms with Crippen molar-refractivity contribution in [2.45, 2.75) is 38.3 Å².